The molecular weight excluding hydrogens is 729 g/mol. The van der Waals surface area contributed by atoms with Gasteiger partial charge < -0.3 is 24.6 Å². The van der Waals surface area contributed by atoms with Crippen LogP contribution in [0.15, 0.2) is 48.7 Å². The summed E-state index contributed by atoms with van der Waals surface area (Å²) in [7, 11) is 1.41. The van der Waals surface area contributed by atoms with Gasteiger partial charge in [-0.3, -0.25) is 9.69 Å². The topological polar surface area (TPSA) is 110 Å². The van der Waals surface area contributed by atoms with E-state index in [0.29, 0.717) is 18.6 Å². The Morgan fingerprint density at radius 1 is 0.887 bits per heavy atom. The molecule has 1 aliphatic rings. The molecule has 18 heteroatoms. The minimum atomic E-state index is -5.11. The van der Waals surface area contributed by atoms with E-state index >= 15 is 0 Å². The van der Waals surface area contributed by atoms with Gasteiger partial charge in [-0.2, -0.15) is 39.5 Å². The van der Waals surface area contributed by atoms with Crippen LogP contribution < -0.4 is 15.0 Å². The van der Waals surface area contributed by atoms with Crippen molar-refractivity contribution in [2.75, 3.05) is 37.1 Å². The summed E-state index contributed by atoms with van der Waals surface area (Å²) in [6.07, 6.45) is -14.6. The molecule has 3 aromatic rings. The third-order valence-electron chi connectivity index (χ3n) is 8.39. The normalized spacial score (nSPS) is 16.2. The number of carbonyl (C=O) groups is 2. The molecule has 53 heavy (non-hydrogen) atoms. The van der Waals surface area contributed by atoms with Gasteiger partial charge in [0, 0.05) is 31.6 Å². The van der Waals surface area contributed by atoms with Crippen molar-refractivity contribution in [3.05, 3.63) is 82.0 Å². The van der Waals surface area contributed by atoms with Gasteiger partial charge in [0.1, 0.15) is 18.2 Å². The van der Waals surface area contributed by atoms with Crippen LogP contribution in [0.1, 0.15) is 78.5 Å². The molecule has 0 bridgehead atoms. The Balaban J connectivity index is 1.76. The maximum atomic E-state index is 14.0. The van der Waals surface area contributed by atoms with E-state index in [4.69, 9.17) is 19.3 Å². The molecule has 0 saturated carbocycles. The number of methoxy groups -OCH3 is 1. The highest BCUT2D eigenvalue weighted by atomic mass is 19.4. The SMILES string of the molecule is CC[C@@H]1C[C@H](Nc2ncc(OCCOC)cc2Cc2cc(C(F)(F)F)cc(C(F)(F)F)c2)c2cc(C(F)(F)F)ccc2N1C(=O)OCCCCC(=O)O. The number of unbranched alkanes of at least 4 members (excludes halogenated alkanes) is 1. The molecule has 1 aromatic heterocycles. The fourth-order valence-corrected chi connectivity index (χ4v) is 5.85. The Morgan fingerprint density at radius 2 is 1.55 bits per heavy atom. The van der Waals surface area contributed by atoms with Crippen LogP contribution in [0.25, 0.3) is 0 Å². The van der Waals surface area contributed by atoms with E-state index in [9.17, 15) is 49.1 Å². The lowest BCUT2D eigenvalue weighted by Gasteiger charge is -2.40. The number of ether oxygens (including phenoxy) is 3. The van der Waals surface area contributed by atoms with Gasteiger partial charge in [-0.1, -0.05) is 6.92 Å². The van der Waals surface area contributed by atoms with Gasteiger partial charge in [-0.05, 0) is 79.3 Å². The fraction of sp³-hybridized carbons (Fsp3) is 0.457. The maximum Gasteiger partial charge on any atom is 0.416 e. The zero-order valence-electron chi connectivity index (χ0n) is 28.4. The Morgan fingerprint density at radius 3 is 2.13 bits per heavy atom. The second-order valence-corrected chi connectivity index (χ2v) is 12.2. The lowest BCUT2D eigenvalue weighted by molar-refractivity contribution is -0.143. The number of aliphatic carboxylic acids is 1. The number of alkyl halides is 9. The first kappa shape index (κ1) is 41.0. The third-order valence-corrected chi connectivity index (χ3v) is 8.39. The van der Waals surface area contributed by atoms with E-state index in [-0.39, 0.29) is 85.5 Å². The maximum absolute atomic E-state index is 14.0. The lowest BCUT2D eigenvalue weighted by atomic mass is 9.88. The van der Waals surface area contributed by atoms with Crippen molar-refractivity contribution in [3.63, 3.8) is 0 Å². The van der Waals surface area contributed by atoms with Crippen molar-refractivity contribution in [1.29, 1.82) is 0 Å². The van der Waals surface area contributed by atoms with Crippen molar-refractivity contribution in [2.24, 2.45) is 0 Å². The summed E-state index contributed by atoms with van der Waals surface area (Å²) in [5, 5.41) is 11.9. The first-order chi connectivity index (χ1) is 24.8. The minimum Gasteiger partial charge on any atom is -0.490 e. The Bertz CT molecular complexity index is 1720. The summed E-state index contributed by atoms with van der Waals surface area (Å²) in [5.41, 5.74) is -4.35. The molecule has 0 saturated heterocycles. The van der Waals surface area contributed by atoms with Gasteiger partial charge in [-0.15, -0.1) is 0 Å². The highest BCUT2D eigenvalue weighted by Gasteiger charge is 2.40. The van der Waals surface area contributed by atoms with E-state index in [2.05, 4.69) is 10.3 Å². The van der Waals surface area contributed by atoms with Gasteiger partial charge in [0.25, 0.3) is 0 Å². The summed E-state index contributed by atoms with van der Waals surface area (Å²) in [6, 6.07) is 3.60. The number of aromatic nitrogens is 1. The van der Waals surface area contributed by atoms with Crippen molar-refractivity contribution in [1.82, 2.24) is 4.98 Å². The quantitative estimate of drug-likeness (QED) is 0.124. The molecule has 0 radical (unpaired) electrons. The summed E-state index contributed by atoms with van der Waals surface area (Å²) in [4.78, 5) is 29.7. The number of amides is 1. The number of benzene rings is 2. The zero-order valence-corrected chi connectivity index (χ0v) is 28.4. The Kier molecular flexibility index (Phi) is 13.1. The molecule has 0 fully saturated rings. The van der Waals surface area contributed by atoms with Gasteiger partial charge in [0.2, 0.25) is 0 Å². The molecule has 2 N–H and O–H groups in total. The molecular formula is C35H36F9N3O6. The standard InChI is InChI=1S/C35H36F9N3O6/c1-3-25-18-28(27-17-22(33(36,37)38)7-8-29(27)47(25)32(50)53-9-5-4-6-30(48)49)46-31-21(15-26(19-45-31)52-11-10-51-2)12-20-13-23(34(39,40)41)16-24(14-20)35(42,43)44/h7-8,13-17,19,25,28H,3-6,9-12,18H2,1-2H3,(H,45,46)(H,48,49)/t25-,28+/m1/s1. The summed E-state index contributed by atoms with van der Waals surface area (Å²) in [6.45, 7) is 1.74. The molecule has 2 aromatic carbocycles. The van der Waals surface area contributed by atoms with E-state index in [1.54, 1.807) is 6.92 Å². The Hall–Kier alpha value is -4.74. The van der Waals surface area contributed by atoms with Crippen LogP contribution in [0.3, 0.4) is 0 Å². The average molecular weight is 766 g/mol. The summed E-state index contributed by atoms with van der Waals surface area (Å²) >= 11 is 0. The fourth-order valence-electron chi connectivity index (χ4n) is 5.85. The molecule has 0 unspecified atom stereocenters. The second-order valence-electron chi connectivity index (χ2n) is 12.2. The van der Waals surface area contributed by atoms with Gasteiger partial charge >= 0.3 is 30.6 Å². The number of nitrogens with one attached hydrogen (secondary N) is 1. The third kappa shape index (κ3) is 10.9. The monoisotopic (exact) mass is 765 g/mol. The molecule has 1 aliphatic heterocycles. The molecule has 2 heterocycles. The van der Waals surface area contributed by atoms with Crippen LogP contribution in [0.5, 0.6) is 5.75 Å². The van der Waals surface area contributed by atoms with E-state index in [1.165, 1.54) is 24.3 Å². The number of carboxylic acid groups (broad SMARTS) is 1. The number of rotatable bonds is 14. The first-order valence-corrected chi connectivity index (χ1v) is 16.4. The minimum absolute atomic E-state index is 0.0000941. The van der Waals surface area contributed by atoms with E-state index in [1.807, 2.05) is 0 Å². The van der Waals surface area contributed by atoms with E-state index < -0.39 is 65.8 Å². The van der Waals surface area contributed by atoms with Crippen LogP contribution in [-0.4, -0.2) is 55.1 Å². The highest BCUT2D eigenvalue weighted by molar-refractivity contribution is 5.90. The number of pyridine rings is 1. The van der Waals surface area contributed by atoms with Crippen LogP contribution in [0, 0.1) is 0 Å². The van der Waals surface area contributed by atoms with Crippen molar-refractivity contribution >= 4 is 23.6 Å². The number of halogens is 9. The molecule has 4 rings (SSSR count). The molecule has 1 amide bonds. The molecule has 2 atom stereocenters. The predicted molar refractivity (Wildman–Crippen MR) is 173 cm³/mol. The molecule has 0 aliphatic carbocycles. The number of hydrogen-bond acceptors (Lipinski definition) is 7. The summed E-state index contributed by atoms with van der Waals surface area (Å²) < 4.78 is 140. The zero-order chi connectivity index (χ0) is 39.1. The molecule has 0 spiro atoms. The number of hydrogen-bond donors (Lipinski definition) is 2. The second kappa shape index (κ2) is 16.9. The lowest BCUT2D eigenvalue weighted by Crippen LogP contribution is -2.46. The highest BCUT2D eigenvalue weighted by Crippen LogP contribution is 2.44. The number of fused-ring (bicyclic) bond motifs is 1. The number of nitrogens with zero attached hydrogens (tertiary/aromatic N) is 2. The summed E-state index contributed by atoms with van der Waals surface area (Å²) in [5.74, 6) is -0.997. The number of carbonyl (C=O) groups excluding carboxylic acids is 1. The number of anilines is 2. The largest absolute Gasteiger partial charge is 0.490 e. The first-order valence-electron chi connectivity index (χ1n) is 16.4. The predicted octanol–water partition coefficient (Wildman–Crippen LogP) is 9.29. The Labute approximate surface area is 298 Å². The van der Waals surface area contributed by atoms with Gasteiger partial charge in [0.15, 0.2) is 0 Å². The van der Waals surface area contributed by atoms with Crippen LogP contribution in [0.2, 0.25) is 0 Å². The van der Waals surface area contributed by atoms with Crippen LogP contribution in [0.4, 0.5) is 55.8 Å². The van der Waals surface area contributed by atoms with Gasteiger partial charge in [0.05, 0.1) is 47.8 Å². The average Bonchev–Trinajstić information content (AvgIpc) is 3.07. The van der Waals surface area contributed by atoms with Gasteiger partial charge in [-0.25, -0.2) is 9.78 Å². The number of carboxylic acids is 1. The van der Waals surface area contributed by atoms with E-state index in [0.717, 1.165) is 18.2 Å². The van der Waals surface area contributed by atoms with Crippen LogP contribution in [-0.2, 0) is 39.2 Å². The molecule has 290 valence electrons. The van der Waals surface area contributed by atoms with Crippen molar-refractivity contribution < 1.29 is 68.4 Å². The van der Waals surface area contributed by atoms with Crippen molar-refractivity contribution in [2.45, 2.75) is 76.1 Å². The smallest absolute Gasteiger partial charge is 0.416 e. The molecule has 9 nitrogen and oxygen atoms in total. The van der Waals surface area contributed by atoms with Crippen LogP contribution >= 0.6 is 0 Å². The van der Waals surface area contributed by atoms with Crippen molar-refractivity contribution in [3.8, 4) is 5.75 Å².